The highest BCUT2D eigenvalue weighted by molar-refractivity contribution is 6.28. The van der Waals surface area contributed by atoms with Crippen molar-refractivity contribution < 1.29 is 0 Å². The van der Waals surface area contributed by atoms with E-state index in [0.717, 1.165) is 11.3 Å². The van der Waals surface area contributed by atoms with Gasteiger partial charge in [0, 0.05) is 11.8 Å². The lowest BCUT2D eigenvalue weighted by molar-refractivity contribution is 1.27. The molecule has 0 amide bonds. The highest BCUT2D eigenvalue weighted by atomic mass is 14.7. The second kappa shape index (κ2) is 9.43. The van der Waals surface area contributed by atoms with Gasteiger partial charge in [-0.3, -0.25) is 4.98 Å². The maximum atomic E-state index is 4.64. The van der Waals surface area contributed by atoms with Crippen molar-refractivity contribution in [3.8, 4) is 44.6 Å². The van der Waals surface area contributed by atoms with Crippen molar-refractivity contribution in [1.82, 2.24) is 4.98 Å². The zero-order valence-corrected chi connectivity index (χ0v) is 22.8. The van der Waals surface area contributed by atoms with Gasteiger partial charge in [0.05, 0.1) is 5.69 Å². The molecule has 0 fully saturated rings. The van der Waals surface area contributed by atoms with Gasteiger partial charge in [0.2, 0.25) is 0 Å². The van der Waals surface area contributed by atoms with Crippen molar-refractivity contribution in [3.63, 3.8) is 0 Å². The molecule has 1 aromatic heterocycles. The molecule has 0 unspecified atom stereocenters. The largest absolute Gasteiger partial charge is 0.256 e. The summed E-state index contributed by atoms with van der Waals surface area (Å²) in [5.74, 6) is 0. The van der Waals surface area contributed by atoms with Gasteiger partial charge in [0.15, 0.2) is 0 Å². The van der Waals surface area contributed by atoms with E-state index in [4.69, 9.17) is 0 Å². The van der Waals surface area contributed by atoms with E-state index >= 15 is 0 Å². The van der Waals surface area contributed by atoms with Gasteiger partial charge in [-0.2, -0.15) is 0 Å². The molecular weight excluding hydrogens is 494 g/mol. The summed E-state index contributed by atoms with van der Waals surface area (Å²) >= 11 is 0. The number of aryl methyl sites for hydroxylation is 1. The molecule has 0 spiro atoms. The minimum Gasteiger partial charge on any atom is -0.256 e. The molecule has 0 atom stereocenters. The molecule has 0 aliphatic carbocycles. The fourth-order valence-electron chi connectivity index (χ4n) is 6.38. The fraction of sp³-hybridized carbons (Fsp3) is 0.0250. The van der Waals surface area contributed by atoms with Gasteiger partial charge in [-0.05, 0) is 90.3 Å². The van der Waals surface area contributed by atoms with Crippen molar-refractivity contribution in [2.75, 3.05) is 0 Å². The Hall–Kier alpha value is -5.27. The molecule has 0 N–H and O–H groups in total. The van der Waals surface area contributed by atoms with E-state index in [9.17, 15) is 0 Å². The van der Waals surface area contributed by atoms with E-state index in [0.29, 0.717) is 0 Å². The minimum atomic E-state index is 1.04. The lowest BCUT2D eigenvalue weighted by Crippen LogP contribution is -1.92. The molecule has 0 saturated heterocycles. The van der Waals surface area contributed by atoms with Crippen molar-refractivity contribution in [1.29, 1.82) is 0 Å². The maximum Gasteiger partial charge on any atom is 0.0731 e. The third kappa shape index (κ3) is 3.90. The van der Waals surface area contributed by atoms with Crippen LogP contribution in [0.2, 0.25) is 0 Å². The number of benzene rings is 7. The number of rotatable bonds is 4. The summed E-state index contributed by atoms with van der Waals surface area (Å²) in [6.45, 7) is 2.12. The molecule has 7 aromatic carbocycles. The molecule has 41 heavy (non-hydrogen) atoms. The number of pyridine rings is 1. The number of aromatic nitrogens is 1. The van der Waals surface area contributed by atoms with Crippen LogP contribution in [-0.4, -0.2) is 4.98 Å². The molecule has 192 valence electrons. The van der Waals surface area contributed by atoms with Gasteiger partial charge in [-0.15, -0.1) is 0 Å². The van der Waals surface area contributed by atoms with Crippen molar-refractivity contribution in [2.45, 2.75) is 6.92 Å². The van der Waals surface area contributed by atoms with Gasteiger partial charge in [-0.25, -0.2) is 0 Å². The van der Waals surface area contributed by atoms with Gasteiger partial charge in [0.25, 0.3) is 0 Å². The number of nitrogens with zero attached hydrogens (tertiary/aromatic N) is 1. The average molecular weight is 522 g/mol. The summed E-state index contributed by atoms with van der Waals surface area (Å²) in [5.41, 5.74) is 10.8. The normalized spacial score (nSPS) is 11.5. The SMILES string of the molecule is Cc1cccnc1-c1ccc(-c2cc(-c3ccc(-c4ccccc4)cc3)c3ccc4cccc5ccc2c3c45)cc1. The molecule has 1 heterocycles. The minimum absolute atomic E-state index is 1.04. The van der Waals surface area contributed by atoms with Gasteiger partial charge in [-0.1, -0.05) is 127 Å². The number of hydrogen-bond acceptors (Lipinski definition) is 1. The molecule has 0 saturated carbocycles. The highest BCUT2D eigenvalue weighted by Gasteiger charge is 2.17. The van der Waals surface area contributed by atoms with Crippen molar-refractivity contribution in [3.05, 3.63) is 151 Å². The number of hydrogen-bond donors (Lipinski definition) is 0. The van der Waals surface area contributed by atoms with Crippen LogP contribution in [0.3, 0.4) is 0 Å². The maximum absolute atomic E-state index is 4.64. The van der Waals surface area contributed by atoms with Crippen LogP contribution in [0.25, 0.3) is 77.0 Å². The molecule has 8 aromatic rings. The summed E-state index contributed by atoms with van der Waals surface area (Å²) in [6, 6.07) is 50.8. The van der Waals surface area contributed by atoms with Crippen LogP contribution < -0.4 is 0 Å². The first kappa shape index (κ1) is 23.6. The molecule has 0 bridgehead atoms. The summed E-state index contributed by atoms with van der Waals surface area (Å²) in [4.78, 5) is 4.64. The predicted octanol–water partition coefficient (Wildman–Crippen LogP) is 11.0. The van der Waals surface area contributed by atoms with Crippen LogP contribution >= 0.6 is 0 Å². The second-order valence-electron chi connectivity index (χ2n) is 10.8. The zero-order valence-electron chi connectivity index (χ0n) is 22.8. The Balaban J connectivity index is 1.36. The van der Waals surface area contributed by atoms with Gasteiger partial charge in [0.1, 0.15) is 0 Å². The summed E-state index contributed by atoms with van der Waals surface area (Å²) in [6.07, 6.45) is 1.87. The lowest BCUT2D eigenvalue weighted by Gasteiger charge is -2.18. The van der Waals surface area contributed by atoms with Gasteiger partial charge >= 0.3 is 0 Å². The molecular formula is C40H27N. The lowest BCUT2D eigenvalue weighted by atomic mass is 9.85. The van der Waals surface area contributed by atoms with Crippen LogP contribution in [0.15, 0.2) is 146 Å². The molecule has 1 heteroatoms. The highest BCUT2D eigenvalue weighted by Crippen LogP contribution is 2.44. The summed E-state index contributed by atoms with van der Waals surface area (Å²) in [7, 11) is 0. The van der Waals surface area contributed by atoms with E-state index in [2.05, 4.69) is 145 Å². The third-order valence-electron chi connectivity index (χ3n) is 8.43. The van der Waals surface area contributed by atoms with E-state index < -0.39 is 0 Å². The standard InChI is InChI=1S/C40H27N/c1-26-7-6-24-41-40(26)33-18-16-30(17-19-33)37-25-36(29-14-12-28(13-15-29)27-8-3-2-4-9-27)34-22-20-31-10-5-11-32-21-23-35(37)39(34)38(31)32/h2-25H,1H3. The molecule has 0 radical (unpaired) electrons. The van der Waals surface area contributed by atoms with Crippen molar-refractivity contribution in [2.24, 2.45) is 0 Å². The average Bonchev–Trinajstić information content (AvgIpc) is 3.04. The molecule has 1 nitrogen and oxygen atoms in total. The molecule has 8 rings (SSSR count). The summed E-state index contributed by atoms with van der Waals surface area (Å²) < 4.78 is 0. The Labute approximate surface area is 239 Å². The van der Waals surface area contributed by atoms with Crippen molar-refractivity contribution >= 4 is 32.3 Å². The Morgan fingerprint density at radius 2 is 0.976 bits per heavy atom. The van der Waals surface area contributed by atoms with Crippen LogP contribution in [0, 0.1) is 6.92 Å². The Bertz CT molecular complexity index is 2160. The predicted molar refractivity (Wildman–Crippen MR) is 174 cm³/mol. The Morgan fingerprint density at radius 1 is 0.415 bits per heavy atom. The Kier molecular flexibility index (Phi) is 5.43. The van der Waals surface area contributed by atoms with E-state index in [-0.39, 0.29) is 0 Å². The first-order valence-electron chi connectivity index (χ1n) is 14.1. The van der Waals surface area contributed by atoms with Crippen LogP contribution in [0.4, 0.5) is 0 Å². The first-order valence-corrected chi connectivity index (χ1v) is 14.1. The van der Waals surface area contributed by atoms with E-state index in [1.807, 2.05) is 12.3 Å². The quantitative estimate of drug-likeness (QED) is 0.210. The summed E-state index contributed by atoms with van der Waals surface area (Å²) in [5, 5.41) is 7.82. The van der Waals surface area contributed by atoms with Crippen LogP contribution in [0.1, 0.15) is 5.56 Å². The second-order valence-corrected chi connectivity index (χ2v) is 10.8. The fourth-order valence-corrected chi connectivity index (χ4v) is 6.38. The topological polar surface area (TPSA) is 12.9 Å². The molecule has 0 aliphatic rings. The van der Waals surface area contributed by atoms with E-state index in [1.54, 1.807) is 0 Å². The van der Waals surface area contributed by atoms with Crippen LogP contribution in [0.5, 0.6) is 0 Å². The zero-order chi connectivity index (χ0) is 27.3. The van der Waals surface area contributed by atoms with Gasteiger partial charge < -0.3 is 0 Å². The van der Waals surface area contributed by atoms with Crippen LogP contribution in [-0.2, 0) is 0 Å². The Morgan fingerprint density at radius 3 is 1.59 bits per heavy atom. The third-order valence-corrected chi connectivity index (χ3v) is 8.43. The molecule has 0 aliphatic heterocycles. The smallest absolute Gasteiger partial charge is 0.0731 e. The first-order chi connectivity index (χ1) is 20.2. The monoisotopic (exact) mass is 521 g/mol. The van der Waals surface area contributed by atoms with E-state index in [1.165, 1.54) is 71.3 Å².